The monoisotopic (exact) mass is 426 g/mol. The number of carbonyl (C=O) groups excluding carboxylic acids is 3. The van der Waals surface area contributed by atoms with Crippen LogP contribution >= 0.6 is 0 Å². The maximum Gasteiger partial charge on any atom is 0.418 e. The minimum atomic E-state index is -4.64. The van der Waals surface area contributed by atoms with Gasteiger partial charge in [-0.1, -0.05) is 36.4 Å². The van der Waals surface area contributed by atoms with E-state index in [-0.39, 0.29) is 34.9 Å². The third-order valence-corrected chi connectivity index (χ3v) is 6.34. The standard InChI is InChI=1S/C23H17F3N2O3/c24-23(25,26)15-6-2-3-7-16(15)27-20(29)14-5-1-4-8-17(14)28-21(30)18-12-9-10-13(11-12)19(18)22(28)31/h1-10,12-13,18-19H,11H2,(H,27,29)/t12-,13-,18+,19+/m0/s1. The number of para-hydroxylation sites is 2. The Kier molecular flexibility index (Phi) is 4.28. The molecule has 0 unspecified atom stereocenters. The summed E-state index contributed by atoms with van der Waals surface area (Å²) in [6.45, 7) is 0. The van der Waals surface area contributed by atoms with E-state index < -0.39 is 35.2 Å². The largest absolute Gasteiger partial charge is 0.418 e. The van der Waals surface area contributed by atoms with Gasteiger partial charge in [0.1, 0.15) is 0 Å². The molecular formula is C23H17F3N2O3. The molecule has 2 aromatic rings. The number of hydrogen-bond acceptors (Lipinski definition) is 3. The van der Waals surface area contributed by atoms with Gasteiger partial charge >= 0.3 is 6.18 Å². The van der Waals surface area contributed by atoms with Gasteiger partial charge in [-0.25, -0.2) is 4.90 Å². The molecule has 31 heavy (non-hydrogen) atoms. The summed E-state index contributed by atoms with van der Waals surface area (Å²) >= 11 is 0. The van der Waals surface area contributed by atoms with Crippen LogP contribution in [0.5, 0.6) is 0 Å². The molecule has 2 bridgehead atoms. The van der Waals surface area contributed by atoms with Gasteiger partial charge in [-0.05, 0) is 42.5 Å². The Bertz CT molecular complexity index is 1110. The van der Waals surface area contributed by atoms with Gasteiger partial charge in [-0.3, -0.25) is 14.4 Å². The molecule has 3 amide bonds. The zero-order valence-electron chi connectivity index (χ0n) is 16.1. The molecule has 5 rings (SSSR count). The van der Waals surface area contributed by atoms with Gasteiger partial charge < -0.3 is 5.32 Å². The number of hydrogen-bond donors (Lipinski definition) is 1. The van der Waals surface area contributed by atoms with Gasteiger partial charge in [0.05, 0.1) is 34.3 Å². The van der Waals surface area contributed by atoms with E-state index in [1.54, 1.807) is 6.07 Å². The first-order chi connectivity index (χ1) is 14.8. The second-order valence-corrected chi connectivity index (χ2v) is 8.03. The van der Waals surface area contributed by atoms with Crippen LogP contribution in [0.2, 0.25) is 0 Å². The molecular weight excluding hydrogens is 409 g/mol. The van der Waals surface area contributed by atoms with Crippen LogP contribution < -0.4 is 10.2 Å². The van der Waals surface area contributed by atoms with E-state index in [1.807, 2.05) is 12.2 Å². The number of fused-ring (bicyclic) bond motifs is 5. The molecule has 0 radical (unpaired) electrons. The van der Waals surface area contributed by atoms with Gasteiger partial charge in [-0.15, -0.1) is 0 Å². The Morgan fingerprint density at radius 2 is 1.48 bits per heavy atom. The van der Waals surface area contributed by atoms with Crippen LogP contribution in [0.15, 0.2) is 60.7 Å². The summed E-state index contributed by atoms with van der Waals surface area (Å²) in [5.74, 6) is -2.40. The molecule has 0 aromatic heterocycles. The molecule has 1 saturated carbocycles. The summed E-state index contributed by atoms with van der Waals surface area (Å²) in [6.07, 6.45) is 0.0609. The van der Waals surface area contributed by atoms with Crippen molar-refractivity contribution in [3.8, 4) is 0 Å². The van der Waals surface area contributed by atoms with E-state index >= 15 is 0 Å². The van der Waals surface area contributed by atoms with E-state index in [0.717, 1.165) is 23.5 Å². The minimum absolute atomic E-state index is 0.0103. The number of nitrogens with one attached hydrogen (secondary N) is 1. The summed E-state index contributed by atoms with van der Waals surface area (Å²) in [4.78, 5) is 40.2. The third kappa shape index (κ3) is 2.97. The van der Waals surface area contributed by atoms with Gasteiger partial charge in [0.2, 0.25) is 11.8 Å². The fourth-order valence-electron chi connectivity index (χ4n) is 5.03. The number of nitrogens with zero attached hydrogens (tertiary/aromatic N) is 1. The zero-order valence-corrected chi connectivity index (χ0v) is 16.1. The number of allylic oxidation sites excluding steroid dienone is 2. The van der Waals surface area contributed by atoms with Gasteiger partial charge in [0.25, 0.3) is 5.91 Å². The van der Waals surface area contributed by atoms with Crippen LogP contribution in [0.3, 0.4) is 0 Å². The molecule has 1 aliphatic heterocycles. The Morgan fingerprint density at radius 3 is 2.13 bits per heavy atom. The lowest BCUT2D eigenvalue weighted by molar-refractivity contribution is -0.137. The van der Waals surface area contributed by atoms with Crippen molar-refractivity contribution in [3.63, 3.8) is 0 Å². The highest BCUT2D eigenvalue weighted by molar-refractivity contribution is 6.25. The normalized spacial score (nSPS) is 26.5. The lowest BCUT2D eigenvalue weighted by Gasteiger charge is -2.21. The summed E-state index contributed by atoms with van der Waals surface area (Å²) < 4.78 is 39.9. The number of rotatable bonds is 3. The maximum absolute atomic E-state index is 13.3. The number of alkyl halides is 3. The molecule has 5 nitrogen and oxygen atoms in total. The highest BCUT2D eigenvalue weighted by atomic mass is 19.4. The van der Waals surface area contributed by atoms with Crippen molar-refractivity contribution in [1.82, 2.24) is 0 Å². The molecule has 2 aliphatic carbocycles. The quantitative estimate of drug-likeness (QED) is 0.589. The average molecular weight is 426 g/mol. The van der Waals surface area contributed by atoms with Gasteiger partial charge in [0.15, 0.2) is 0 Å². The van der Waals surface area contributed by atoms with E-state index in [2.05, 4.69) is 5.32 Å². The molecule has 4 atom stereocenters. The summed E-state index contributed by atoms with van der Waals surface area (Å²) in [7, 11) is 0. The van der Waals surface area contributed by atoms with Crippen molar-refractivity contribution in [2.45, 2.75) is 12.6 Å². The highest BCUT2D eigenvalue weighted by Gasteiger charge is 2.59. The van der Waals surface area contributed by atoms with Crippen molar-refractivity contribution in [2.24, 2.45) is 23.7 Å². The molecule has 1 N–H and O–H groups in total. The topological polar surface area (TPSA) is 66.5 Å². The predicted molar refractivity (Wildman–Crippen MR) is 106 cm³/mol. The summed E-state index contributed by atoms with van der Waals surface area (Å²) in [6, 6.07) is 10.6. The van der Waals surface area contributed by atoms with Crippen LogP contribution in [-0.4, -0.2) is 17.7 Å². The second-order valence-electron chi connectivity index (χ2n) is 8.03. The molecule has 1 heterocycles. The Hall–Kier alpha value is -3.42. The van der Waals surface area contributed by atoms with Crippen molar-refractivity contribution < 1.29 is 27.6 Å². The number of imide groups is 1. The number of anilines is 2. The van der Waals surface area contributed by atoms with Gasteiger partial charge in [-0.2, -0.15) is 13.2 Å². The lowest BCUT2D eigenvalue weighted by atomic mass is 9.85. The third-order valence-electron chi connectivity index (χ3n) is 6.34. The van der Waals surface area contributed by atoms with E-state index in [1.165, 1.54) is 30.3 Å². The Balaban J connectivity index is 1.48. The first-order valence-corrected chi connectivity index (χ1v) is 9.90. The number of benzene rings is 2. The van der Waals surface area contributed by atoms with Gasteiger partial charge in [0, 0.05) is 0 Å². The van der Waals surface area contributed by atoms with Crippen molar-refractivity contribution >= 4 is 29.1 Å². The average Bonchev–Trinajstić information content (AvgIpc) is 3.41. The Morgan fingerprint density at radius 1 is 0.903 bits per heavy atom. The van der Waals surface area contributed by atoms with Crippen LogP contribution in [0.4, 0.5) is 24.5 Å². The molecule has 1 saturated heterocycles. The fraction of sp³-hybridized carbons (Fsp3) is 0.261. The molecule has 8 heteroatoms. The predicted octanol–water partition coefficient (Wildman–Crippen LogP) is 4.27. The first-order valence-electron chi connectivity index (χ1n) is 9.90. The number of carbonyl (C=O) groups is 3. The molecule has 158 valence electrons. The van der Waals surface area contributed by atoms with Crippen molar-refractivity contribution in [1.29, 1.82) is 0 Å². The van der Waals surface area contributed by atoms with Crippen LogP contribution in [-0.2, 0) is 15.8 Å². The Labute approximate surface area is 175 Å². The minimum Gasteiger partial charge on any atom is -0.321 e. The summed E-state index contributed by atoms with van der Waals surface area (Å²) in [5, 5.41) is 2.29. The maximum atomic E-state index is 13.3. The molecule has 2 aromatic carbocycles. The molecule has 0 spiro atoms. The smallest absolute Gasteiger partial charge is 0.321 e. The fourth-order valence-corrected chi connectivity index (χ4v) is 5.03. The van der Waals surface area contributed by atoms with Crippen LogP contribution in [0.1, 0.15) is 22.3 Å². The van der Waals surface area contributed by atoms with E-state index in [9.17, 15) is 27.6 Å². The highest BCUT2D eigenvalue weighted by Crippen LogP contribution is 2.53. The SMILES string of the molecule is O=C(Nc1ccccc1C(F)(F)F)c1ccccc1N1C(=O)[C@H]2[C@H](C1=O)[C@H]1C=C[C@H]2C1. The zero-order chi connectivity index (χ0) is 21.9. The number of halogens is 3. The molecule has 2 fully saturated rings. The second kappa shape index (κ2) is 6.80. The first kappa shape index (κ1) is 19.5. The lowest BCUT2D eigenvalue weighted by Crippen LogP contribution is -2.34. The molecule has 3 aliphatic rings. The van der Waals surface area contributed by atoms with Crippen LogP contribution in [0, 0.1) is 23.7 Å². The summed E-state index contributed by atoms with van der Waals surface area (Å²) in [5.41, 5.74) is -1.32. The van der Waals surface area contributed by atoms with E-state index in [4.69, 9.17) is 0 Å². The van der Waals surface area contributed by atoms with Crippen LogP contribution in [0.25, 0.3) is 0 Å². The van der Waals surface area contributed by atoms with Crippen molar-refractivity contribution in [3.05, 3.63) is 71.8 Å². The number of amides is 3. The van der Waals surface area contributed by atoms with Crippen molar-refractivity contribution in [2.75, 3.05) is 10.2 Å². The van der Waals surface area contributed by atoms with E-state index in [0.29, 0.717) is 0 Å².